The topological polar surface area (TPSA) is 30.9 Å². The first-order chi connectivity index (χ1) is 13.2. The largest absolute Gasteiger partial charge is 0.496 e. The van der Waals surface area contributed by atoms with Gasteiger partial charge in [-0.3, -0.25) is 4.90 Å². The quantitative estimate of drug-likeness (QED) is 0.639. The van der Waals surface area contributed by atoms with Gasteiger partial charge in [0.1, 0.15) is 5.75 Å². The van der Waals surface area contributed by atoms with Crippen molar-refractivity contribution in [3.63, 3.8) is 0 Å². The van der Waals surface area contributed by atoms with Crippen molar-refractivity contribution in [3.8, 4) is 17.2 Å². The van der Waals surface area contributed by atoms with Gasteiger partial charge in [0.2, 0.25) is 0 Å². The third-order valence-electron chi connectivity index (χ3n) is 6.35. The van der Waals surface area contributed by atoms with Gasteiger partial charge in [0, 0.05) is 18.0 Å². The molecule has 1 fully saturated rings. The summed E-state index contributed by atoms with van der Waals surface area (Å²) < 4.78 is 17.0. The fourth-order valence-corrected chi connectivity index (χ4v) is 5.08. The minimum atomic E-state index is 0.664. The van der Waals surface area contributed by atoms with Crippen molar-refractivity contribution < 1.29 is 14.2 Å². The third-order valence-corrected chi connectivity index (χ3v) is 6.35. The van der Waals surface area contributed by atoms with E-state index in [0.717, 1.165) is 30.2 Å². The molecule has 0 aromatic heterocycles. The summed E-state index contributed by atoms with van der Waals surface area (Å²) in [5, 5.41) is 4.93. The Hall–Kier alpha value is -2.46. The van der Waals surface area contributed by atoms with E-state index in [-0.39, 0.29) is 0 Å². The second-order valence-corrected chi connectivity index (χ2v) is 7.56. The van der Waals surface area contributed by atoms with Gasteiger partial charge in [-0.05, 0) is 71.3 Å². The molecule has 0 spiro atoms. The summed E-state index contributed by atoms with van der Waals surface area (Å²) in [5.41, 5.74) is 2.91. The lowest BCUT2D eigenvalue weighted by atomic mass is 9.85. The number of hydrogen-bond donors (Lipinski definition) is 0. The number of fused-ring (bicyclic) bond motifs is 7. The molecule has 1 saturated heterocycles. The smallest absolute Gasteiger partial charge is 0.161 e. The molecule has 27 heavy (non-hydrogen) atoms. The monoisotopic (exact) mass is 363 g/mol. The van der Waals surface area contributed by atoms with Crippen LogP contribution in [-0.4, -0.2) is 38.8 Å². The highest BCUT2D eigenvalue weighted by atomic mass is 16.5. The Morgan fingerprint density at radius 2 is 1.59 bits per heavy atom. The lowest BCUT2D eigenvalue weighted by Crippen LogP contribution is -2.35. The Morgan fingerprint density at radius 1 is 0.852 bits per heavy atom. The van der Waals surface area contributed by atoms with Gasteiger partial charge >= 0.3 is 0 Å². The second kappa shape index (κ2) is 6.31. The van der Waals surface area contributed by atoms with Crippen LogP contribution in [0.3, 0.4) is 0 Å². The van der Waals surface area contributed by atoms with Crippen molar-refractivity contribution >= 4 is 21.5 Å². The summed E-state index contributed by atoms with van der Waals surface area (Å²) in [7, 11) is 5.14. The zero-order valence-corrected chi connectivity index (χ0v) is 16.2. The maximum Gasteiger partial charge on any atom is 0.161 e. The van der Waals surface area contributed by atoms with E-state index in [1.54, 1.807) is 21.3 Å². The van der Waals surface area contributed by atoms with Crippen LogP contribution in [0.15, 0.2) is 30.3 Å². The number of hydrogen-bond acceptors (Lipinski definition) is 4. The number of methoxy groups -OCH3 is 3. The van der Waals surface area contributed by atoms with Crippen molar-refractivity contribution in [2.45, 2.75) is 31.8 Å². The highest BCUT2D eigenvalue weighted by Gasteiger charge is 2.32. The zero-order chi connectivity index (χ0) is 18.5. The maximum atomic E-state index is 5.76. The Labute approximate surface area is 159 Å². The molecular formula is C23H25NO3. The van der Waals surface area contributed by atoms with Gasteiger partial charge in [-0.1, -0.05) is 12.1 Å². The lowest BCUT2D eigenvalue weighted by molar-refractivity contribution is 0.229. The first-order valence-electron chi connectivity index (χ1n) is 9.65. The van der Waals surface area contributed by atoms with Crippen LogP contribution >= 0.6 is 0 Å². The van der Waals surface area contributed by atoms with E-state index in [1.165, 1.54) is 52.1 Å². The highest BCUT2D eigenvalue weighted by Crippen LogP contribution is 2.45. The molecule has 0 aliphatic carbocycles. The molecule has 3 aromatic carbocycles. The number of ether oxygens (including phenoxy) is 3. The minimum absolute atomic E-state index is 0.664. The normalized spacial score (nSPS) is 19.1. The molecule has 2 heterocycles. The molecule has 5 rings (SSSR count). The SMILES string of the molecule is COc1cc2c3c(c4cccc(OC)c4c2cc1OC)CN1CCC[C@@H]1C3. The molecule has 2 aliphatic rings. The van der Waals surface area contributed by atoms with E-state index in [1.807, 2.05) is 6.07 Å². The van der Waals surface area contributed by atoms with Gasteiger partial charge in [0.05, 0.1) is 21.3 Å². The fraction of sp³-hybridized carbons (Fsp3) is 0.391. The number of rotatable bonds is 3. The number of nitrogens with zero attached hydrogens (tertiary/aromatic N) is 1. The molecule has 0 bridgehead atoms. The minimum Gasteiger partial charge on any atom is -0.496 e. The van der Waals surface area contributed by atoms with Crippen molar-refractivity contribution in [3.05, 3.63) is 41.5 Å². The summed E-state index contributed by atoms with van der Waals surface area (Å²) in [6.45, 7) is 2.23. The van der Waals surface area contributed by atoms with Crippen LogP contribution in [0, 0.1) is 0 Å². The van der Waals surface area contributed by atoms with Crippen LogP contribution in [-0.2, 0) is 13.0 Å². The predicted octanol–water partition coefficient (Wildman–Crippen LogP) is 4.54. The van der Waals surface area contributed by atoms with Crippen LogP contribution in [0.1, 0.15) is 24.0 Å². The van der Waals surface area contributed by atoms with Crippen molar-refractivity contribution in [2.24, 2.45) is 0 Å². The van der Waals surface area contributed by atoms with Crippen LogP contribution < -0.4 is 14.2 Å². The molecule has 0 radical (unpaired) electrons. The summed E-state index contributed by atoms with van der Waals surface area (Å²) in [5.74, 6) is 2.46. The van der Waals surface area contributed by atoms with E-state index >= 15 is 0 Å². The molecule has 0 amide bonds. The summed E-state index contributed by atoms with van der Waals surface area (Å²) in [4.78, 5) is 2.65. The van der Waals surface area contributed by atoms with Crippen molar-refractivity contribution in [1.82, 2.24) is 4.90 Å². The fourth-order valence-electron chi connectivity index (χ4n) is 5.08. The summed E-state index contributed by atoms with van der Waals surface area (Å²) >= 11 is 0. The highest BCUT2D eigenvalue weighted by molar-refractivity contribution is 6.14. The molecule has 4 heteroatoms. The van der Waals surface area contributed by atoms with Gasteiger partial charge in [-0.2, -0.15) is 0 Å². The standard InChI is InChI=1S/C23H25NO3/c1-25-20-8-4-7-15-19-13-24-9-5-6-14(24)10-16(19)17-11-21(26-2)22(27-3)12-18(17)23(15)20/h4,7-8,11-12,14H,5-6,9-10,13H2,1-3H3/t14-/m1/s1. The van der Waals surface area contributed by atoms with Crippen LogP contribution in [0.5, 0.6) is 17.2 Å². The lowest BCUT2D eigenvalue weighted by Gasteiger charge is -2.33. The van der Waals surface area contributed by atoms with E-state index in [0.29, 0.717) is 6.04 Å². The molecule has 0 saturated carbocycles. The predicted molar refractivity (Wildman–Crippen MR) is 108 cm³/mol. The Kier molecular flexibility index (Phi) is 3.90. The van der Waals surface area contributed by atoms with Gasteiger partial charge in [-0.15, -0.1) is 0 Å². The van der Waals surface area contributed by atoms with Gasteiger partial charge in [-0.25, -0.2) is 0 Å². The Balaban J connectivity index is 1.92. The average Bonchev–Trinajstić information content (AvgIpc) is 3.18. The number of benzene rings is 3. The maximum absolute atomic E-state index is 5.76. The summed E-state index contributed by atoms with van der Waals surface area (Å²) in [6, 6.07) is 11.3. The molecule has 2 aliphatic heterocycles. The van der Waals surface area contributed by atoms with Crippen molar-refractivity contribution in [1.29, 1.82) is 0 Å². The van der Waals surface area contributed by atoms with Gasteiger partial charge < -0.3 is 14.2 Å². The molecule has 0 unspecified atom stereocenters. The van der Waals surface area contributed by atoms with Gasteiger partial charge in [0.15, 0.2) is 11.5 Å². The van der Waals surface area contributed by atoms with E-state index in [9.17, 15) is 0 Å². The first-order valence-corrected chi connectivity index (χ1v) is 9.65. The zero-order valence-electron chi connectivity index (χ0n) is 16.2. The van der Waals surface area contributed by atoms with Crippen LogP contribution in [0.4, 0.5) is 0 Å². The van der Waals surface area contributed by atoms with E-state index < -0.39 is 0 Å². The molecule has 140 valence electrons. The van der Waals surface area contributed by atoms with Crippen LogP contribution in [0.2, 0.25) is 0 Å². The molecule has 3 aromatic rings. The Morgan fingerprint density at radius 3 is 2.33 bits per heavy atom. The molecular weight excluding hydrogens is 338 g/mol. The van der Waals surface area contributed by atoms with Gasteiger partial charge in [0.25, 0.3) is 0 Å². The summed E-state index contributed by atoms with van der Waals surface area (Å²) in [6.07, 6.45) is 3.70. The third kappa shape index (κ3) is 2.39. The van der Waals surface area contributed by atoms with E-state index in [2.05, 4.69) is 29.2 Å². The van der Waals surface area contributed by atoms with Crippen molar-refractivity contribution in [2.75, 3.05) is 27.9 Å². The average molecular weight is 363 g/mol. The second-order valence-electron chi connectivity index (χ2n) is 7.56. The van der Waals surface area contributed by atoms with E-state index in [4.69, 9.17) is 14.2 Å². The van der Waals surface area contributed by atoms with Crippen LogP contribution in [0.25, 0.3) is 21.5 Å². The molecule has 1 atom stereocenters. The molecule has 0 N–H and O–H groups in total. The molecule has 4 nitrogen and oxygen atoms in total. The Bertz CT molecular complexity index is 1040. The first kappa shape index (κ1) is 16.7.